The summed E-state index contributed by atoms with van der Waals surface area (Å²) in [7, 11) is 0. The molecule has 5 fully saturated rings. The molecule has 148 valence electrons. The van der Waals surface area contributed by atoms with Crippen molar-refractivity contribution in [3.63, 3.8) is 0 Å². The molecule has 1 spiro atoms. The Morgan fingerprint density at radius 1 is 1.15 bits per heavy atom. The molecule has 6 rings (SSSR count). The van der Waals surface area contributed by atoms with Crippen LogP contribution in [0.25, 0.3) is 0 Å². The summed E-state index contributed by atoms with van der Waals surface area (Å²) < 4.78 is 13.6. The van der Waals surface area contributed by atoms with Crippen molar-refractivity contribution in [2.45, 2.75) is 68.7 Å². The van der Waals surface area contributed by atoms with Gasteiger partial charge in [0.1, 0.15) is 0 Å². The summed E-state index contributed by atoms with van der Waals surface area (Å²) >= 11 is 1.78. The maximum absolute atomic E-state index is 5.67. The molecule has 5 atom stereocenters. The molecule has 1 aromatic heterocycles. The van der Waals surface area contributed by atoms with E-state index in [-0.39, 0.29) is 6.29 Å². The Morgan fingerprint density at radius 3 is 2.81 bits per heavy atom. The van der Waals surface area contributed by atoms with E-state index in [1.165, 1.54) is 37.9 Å². The Balaban J connectivity index is 1.22. The minimum Gasteiger partial charge on any atom is -0.353 e. The molecule has 5 aliphatic rings. The topological polar surface area (TPSA) is 61.2 Å². The van der Waals surface area contributed by atoms with Gasteiger partial charge in [-0.2, -0.15) is 0 Å². The highest BCUT2D eigenvalue weighted by Gasteiger charge is 2.82. The lowest BCUT2D eigenvalue weighted by Crippen LogP contribution is -2.69. The van der Waals surface area contributed by atoms with E-state index in [0.29, 0.717) is 10.8 Å². The van der Waals surface area contributed by atoms with Crippen LogP contribution in [0.4, 0.5) is 0 Å². The van der Waals surface area contributed by atoms with Crippen molar-refractivity contribution in [1.82, 2.24) is 14.9 Å². The second kappa shape index (κ2) is 6.10. The van der Waals surface area contributed by atoms with E-state index < -0.39 is 0 Å². The molecule has 1 aliphatic heterocycles. The molecule has 1 saturated heterocycles. The van der Waals surface area contributed by atoms with Gasteiger partial charge >= 0.3 is 0 Å². The van der Waals surface area contributed by atoms with Gasteiger partial charge in [-0.05, 0) is 68.6 Å². The molecule has 0 amide bonds. The van der Waals surface area contributed by atoms with Crippen molar-refractivity contribution in [3.05, 3.63) is 5.82 Å². The van der Waals surface area contributed by atoms with Crippen LogP contribution in [-0.4, -0.2) is 46.7 Å². The van der Waals surface area contributed by atoms with E-state index in [1.807, 2.05) is 0 Å². The predicted molar refractivity (Wildman–Crippen MR) is 103 cm³/mol. The summed E-state index contributed by atoms with van der Waals surface area (Å²) in [4.78, 5) is 0. The predicted octanol–water partition coefficient (Wildman–Crippen LogP) is 3.16. The fourth-order valence-electron chi connectivity index (χ4n) is 7.50. The van der Waals surface area contributed by atoms with Gasteiger partial charge in [-0.3, -0.25) is 0 Å². The molecule has 2 heterocycles. The zero-order chi connectivity index (χ0) is 18.1. The Bertz CT molecular complexity index is 736. The van der Waals surface area contributed by atoms with Gasteiger partial charge in [-0.25, -0.2) is 4.68 Å². The number of hydrogen-bond acceptors (Lipinski definition) is 6. The van der Waals surface area contributed by atoms with E-state index in [4.69, 9.17) is 14.6 Å². The molecule has 27 heavy (non-hydrogen) atoms. The maximum atomic E-state index is 5.67. The number of thioether (sulfide) groups is 1. The molecule has 5 unspecified atom stereocenters. The summed E-state index contributed by atoms with van der Waals surface area (Å²) in [6.45, 7) is 4.70. The molecule has 6 nitrogen and oxygen atoms in total. The first-order chi connectivity index (χ1) is 13.3. The highest BCUT2D eigenvalue weighted by Crippen LogP contribution is 2.86. The molecule has 1 N–H and O–H groups in total. The number of rotatable bonds is 7. The van der Waals surface area contributed by atoms with Crippen LogP contribution < -0.4 is 5.43 Å². The first-order valence-electron chi connectivity index (χ1n) is 10.8. The van der Waals surface area contributed by atoms with Gasteiger partial charge < -0.3 is 14.9 Å². The molecule has 2 bridgehead atoms. The zero-order valence-electron chi connectivity index (χ0n) is 16.2. The fraction of sp³-hybridized carbons (Fsp3) is 0.900. The molecular weight excluding hydrogens is 360 g/mol. The largest absolute Gasteiger partial charge is 0.353 e. The third kappa shape index (κ3) is 2.16. The number of aromatic nitrogens is 3. The van der Waals surface area contributed by atoms with Crippen LogP contribution in [0.15, 0.2) is 5.16 Å². The van der Waals surface area contributed by atoms with Crippen LogP contribution in [0, 0.1) is 23.2 Å². The number of hydrogen-bond donors (Lipinski definition) is 1. The lowest BCUT2D eigenvalue weighted by molar-refractivity contribution is -0.203. The standard InChI is InChI=1S/C20H30N4O2S/c1-2-21-24-17(19-10-13-8-14-9-15(12-19)20(14,19)11-13)22-23-18(24)27-7-4-16-25-5-3-6-26-16/h13-16,21H,2-12H2,1H3. The average molecular weight is 391 g/mol. The quantitative estimate of drug-likeness (QED) is 0.722. The third-order valence-corrected chi connectivity index (χ3v) is 9.21. The molecule has 0 aromatic carbocycles. The van der Waals surface area contributed by atoms with Crippen molar-refractivity contribution in [2.24, 2.45) is 23.2 Å². The van der Waals surface area contributed by atoms with Crippen molar-refractivity contribution in [2.75, 3.05) is 30.9 Å². The summed E-state index contributed by atoms with van der Waals surface area (Å²) in [6, 6.07) is 0. The van der Waals surface area contributed by atoms with E-state index in [9.17, 15) is 0 Å². The first kappa shape index (κ1) is 17.1. The van der Waals surface area contributed by atoms with Gasteiger partial charge in [0.15, 0.2) is 12.1 Å². The second-order valence-electron chi connectivity index (χ2n) is 9.28. The fourth-order valence-corrected chi connectivity index (χ4v) is 8.37. The molecule has 7 heteroatoms. The van der Waals surface area contributed by atoms with Crippen LogP contribution in [0.3, 0.4) is 0 Å². The maximum Gasteiger partial charge on any atom is 0.209 e. The molecule has 0 radical (unpaired) electrons. The van der Waals surface area contributed by atoms with Gasteiger partial charge in [0, 0.05) is 24.1 Å². The molecular formula is C20H30N4O2S. The summed E-state index contributed by atoms with van der Waals surface area (Å²) in [6.07, 6.45) is 8.98. The van der Waals surface area contributed by atoms with E-state index in [1.54, 1.807) is 11.8 Å². The Kier molecular flexibility index (Phi) is 3.86. The Labute approximate surface area is 165 Å². The van der Waals surface area contributed by atoms with E-state index >= 15 is 0 Å². The van der Waals surface area contributed by atoms with Crippen LogP contribution >= 0.6 is 11.8 Å². The highest BCUT2D eigenvalue weighted by atomic mass is 32.2. The minimum absolute atomic E-state index is 0.0487. The van der Waals surface area contributed by atoms with E-state index in [2.05, 4.69) is 22.1 Å². The van der Waals surface area contributed by atoms with Crippen LogP contribution in [-0.2, 0) is 14.9 Å². The Hall–Kier alpha value is -0.790. The van der Waals surface area contributed by atoms with Gasteiger partial charge in [0.2, 0.25) is 5.16 Å². The van der Waals surface area contributed by atoms with Gasteiger partial charge in [-0.1, -0.05) is 11.8 Å². The number of ether oxygens (including phenoxy) is 2. The smallest absolute Gasteiger partial charge is 0.209 e. The third-order valence-electron chi connectivity index (χ3n) is 8.25. The minimum atomic E-state index is -0.0487. The number of nitrogens with one attached hydrogen (secondary N) is 1. The SMILES string of the molecule is CCNn1c(SCCC2OCCCO2)nnc1C12CC3CC4CC(C1)C42C3. The summed E-state index contributed by atoms with van der Waals surface area (Å²) in [5.41, 5.74) is 4.46. The first-order valence-corrected chi connectivity index (χ1v) is 11.8. The average Bonchev–Trinajstić information content (AvgIpc) is 3.30. The van der Waals surface area contributed by atoms with Crippen molar-refractivity contribution >= 4 is 11.8 Å². The number of fused-ring (bicyclic) bond motifs is 1. The molecule has 4 saturated carbocycles. The highest BCUT2D eigenvalue weighted by molar-refractivity contribution is 7.99. The monoisotopic (exact) mass is 390 g/mol. The number of nitrogens with zero attached hydrogens (tertiary/aromatic N) is 3. The van der Waals surface area contributed by atoms with Crippen LogP contribution in [0.1, 0.15) is 57.7 Å². The van der Waals surface area contributed by atoms with E-state index in [0.717, 1.165) is 61.3 Å². The lowest BCUT2D eigenvalue weighted by atomic mass is 9.32. The molecule has 4 aliphatic carbocycles. The van der Waals surface area contributed by atoms with Gasteiger partial charge in [0.25, 0.3) is 0 Å². The van der Waals surface area contributed by atoms with Crippen molar-refractivity contribution < 1.29 is 9.47 Å². The lowest BCUT2D eigenvalue weighted by Gasteiger charge is -2.72. The Morgan fingerprint density at radius 2 is 2.04 bits per heavy atom. The zero-order valence-corrected chi connectivity index (χ0v) is 17.0. The normalized spacial score (nSPS) is 41.9. The van der Waals surface area contributed by atoms with Crippen LogP contribution in [0.2, 0.25) is 0 Å². The van der Waals surface area contributed by atoms with Gasteiger partial charge in [0.05, 0.1) is 13.2 Å². The van der Waals surface area contributed by atoms with Crippen LogP contribution in [0.5, 0.6) is 0 Å². The second-order valence-corrected chi connectivity index (χ2v) is 10.3. The van der Waals surface area contributed by atoms with Gasteiger partial charge in [-0.15, -0.1) is 10.2 Å². The summed E-state index contributed by atoms with van der Waals surface area (Å²) in [5, 5.41) is 10.4. The summed E-state index contributed by atoms with van der Waals surface area (Å²) in [5.74, 6) is 5.06. The van der Waals surface area contributed by atoms with Crippen molar-refractivity contribution in [3.8, 4) is 0 Å². The van der Waals surface area contributed by atoms with Crippen molar-refractivity contribution in [1.29, 1.82) is 0 Å². The molecule has 1 aromatic rings.